The number of nitrogens with zero attached hydrogens (tertiary/aromatic N) is 4. The molecule has 1 saturated heterocycles. The molecule has 4 rings (SSSR count). The number of benzene rings is 1. The van der Waals surface area contributed by atoms with Crippen LogP contribution in [0, 0.1) is 0 Å². The number of hydrogen-bond acceptors (Lipinski definition) is 5. The minimum Gasteiger partial charge on any atom is -0.494 e. The van der Waals surface area contributed by atoms with Gasteiger partial charge in [-0.25, -0.2) is 0 Å². The maximum Gasteiger partial charge on any atom is 0.222 e. The molecule has 29 heavy (non-hydrogen) atoms. The van der Waals surface area contributed by atoms with Crippen molar-refractivity contribution in [3.8, 4) is 5.75 Å². The van der Waals surface area contributed by atoms with Gasteiger partial charge in [0.25, 0.3) is 0 Å². The van der Waals surface area contributed by atoms with Gasteiger partial charge in [-0.1, -0.05) is 19.1 Å². The van der Waals surface area contributed by atoms with Crippen LogP contribution in [0.25, 0.3) is 0 Å². The molecule has 1 aromatic heterocycles. The summed E-state index contributed by atoms with van der Waals surface area (Å²) in [4.78, 5) is 14.7. The Labute approximate surface area is 172 Å². The van der Waals surface area contributed by atoms with Gasteiger partial charge in [0.15, 0.2) is 0 Å². The van der Waals surface area contributed by atoms with Crippen LogP contribution in [0.2, 0.25) is 0 Å². The number of ether oxygens (including phenoxy) is 1. The summed E-state index contributed by atoms with van der Waals surface area (Å²) in [7, 11) is 0. The predicted octanol–water partition coefficient (Wildman–Crippen LogP) is 2.51. The van der Waals surface area contributed by atoms with Crippen LogP contribution in [0.15, 0.2) is 24.3 Å². The van der Waals surface area contributed by atoms with Gasteiger partial charge < -0.3 is 19.5 Å². The average Bonchev–Trinajstić information content (AvgIpc) is 3.21. The quantitative estimate of drug-likeness (QED) is 0.777. The number of piperidine rings is 1. The summed E-state index contributed by atoms with van der Waals surface area (Å²) in [6.07, 6.45) is 4.29. The van der Waals surface area contributed by atoms with E-state index in [4.69, 9.17) is 4.74 Å². The first-order chi connectivity index (χ1) is 14.2. The first-order valence-corrected chi connectivity index (χ1v) is 10.9. The topological polar surface area (TPSA) is 72.3 Å². The molecule has 1 amide bonds. The van der Waals surface area contributed by atoms with Crippen molar-refractivity contribution in [2.45, 2.75) is 58.0 Å². The number of carbonyl (C=O) groups is 1. The molecular weight excluding hydrogens is 366 g/mol. The van der Waals surface area contributed by atoms with E-state index in [1.807, 2.05) is 17.0 Å². The molecule has 1 fully saturated rings. The standard InChI is InChI=1S/C22H31N5O2/c1-2-15-29-19-6-3-17(4-7-19)5-8-21(28)26-12-9-18(10-13-26)22-25-24-20-16-23-11-14-27(20)22/h3-4,6-7,18,23H,2,5,8-16H2,1H3. The number of aryl methyl sites for hydroxylation is 1. The van der Waals surface area contributed by atoms with Crippen LogP contribution in [-0.2, 0) is 24.3 Å². The lowest BCUT2D eigenvalue weighted by atomic mass is 9.95. The number of amides is 1. The van der Waals surface area contributed by atoms with Crippen molar-refractivity contribution in [3.05, 3.63) is 41.5 Å². The number of likely N-dealkylation sites (tertiary alicyclic amines) is 1. The van der Waals surface area contributed by atoms with Crippen molar-refractivity contribution in [3.63, 3.8) is 0 Å². The number of nitrogens with one attached hydrogen (secondary N) is 1. The molecule has 156 valence electrons. The van der Waals surface area contributed by atoms with E-state index in [2.05, 4.69) is 39.1 Å². The van der Waals surface area contributed by atoms with Crippen molar-refractivity contribution < 1.29 is 9.53 Å². The van der Waals surface area contributed by atoms with Crippen molar-refractivity contribution in [1.29, 1.82) is 0 Å². The lowest BCUT2D eigenvalue weighted by molar-refractivity contribution is -0.132. The average molecular weight is 398 g/mol. The second kappa shape index (κ2) is 9.39. The van der Waals surface area contributed by atoms with Gasteiger partial charge in [-0.05, 0) is 43.4 Å². The minimum atomic E-state index is 0.252. The monoisotopic (exact) mass is 397 g/mol. The lowest BCUT2D eigenvalue weighted by Crippen LogP contribution is -2.39. The van der Waals surface area contributed by atoms with Crippen molar-refractivity contribution in [2.75, 3.05) is 26.2 Å². The number of hydrogen-bond donors (Lipinski definition) is 1. The molecule has 0 bridgehead atoms. The van der Waals surface area contributed by atoms with Crippen LogP contribution < -0.4 is 10.1 Å². The van der Waals surface area contributed by atoms with Gasteiger partial charge in [-0.3, -0.25) is 4.79 Å². The summed E-state index contributed by atoms with van der Waals surface area (Å²) in [6.45, 7) is 7.18. The fraction of sp³-hybridized carbons (Fsp3) is 0.591. The van der Waals surface area contributed by atoms with Crippen LogP contribution >= 0.6 is 0 Å². The third-order valence-corrected chi connectivity index (χ3v) is 5.89. The number of rotatable bonds is 7. The summed E-state index contributed by atoms with van der Waals surface area (Å²) < 4.78 is 7.89. The Hall–Kier alpha value is -2.41. The number of fused-ring (bicyclic) bond motifs is 1. The molecule has 0 spiro atoms. The van der Waals surface area contributed by atoms with Crippen LogP contribution in [-0.4, -0.2) is 51.8 Å². The summed E-state index contributed by atoms with van der Waals surface area (Å²) in [5, 5.41) is 12.1. The highest BCUT2D eigenvalue weighted by Gasteiger charge is 2.28. The Morgan fingerprint density at radius 2 is 1.97 bits per heavy atom. The van der Waals surface area contributed by atoms with Crippen molar-refractivity contribution >= 4 is 5.91 Å². The third-order valence-electron chi connectivity index (χ3n) is 5.89. The zero-order chi connectivity index (χ0) is 20.1. The Bertz CT molecular complexity index is 809. The number of aromatic nitrogens is 3. The molecule has 1 N–H and O–H groups in total. The van der Waals surface area contributed by atoms with E-state index in [0.717, 1.165) is 82.4 Å². The molecule has 0 atom stereocenters. The van der Waals surface area contributed by atoms with E-state index in [1.165, 1.54) is 5.56 Å². The van der Waals surface area contributed by atoms with Crippen LogP contribution in [0.4, 0.5) is 0 Å². The second-order valence-corrected chi connectivity index (χ2v) is 7.95. The van der Waals surface area contributed by atoms with E-state index in [-0.39, 0.29) is 5.91 Å². The first kappa shape index (κ1) is 19.9. The zero-order valence-electron chi connectivity index (χ0n) is 17.3. The zero-order valence-corrected chi connectivity index (χ0v) is 17.3. The molecule has 0 radical (unpaired) electrons. The van der Waals surface area contributed by atoms with Gasteiger partial charge in [0.1, 0.15) is 17.4 Å². The van der Waals surface area contributed by atoms with Gasteiger partial charge in [0, 0.05) is 38.5 Å². The summed E-state index contributed by atoms with van der Waals surface area (Å²) in [5.74, 6) is 3.71. The van der Waals surface area contributed by atoms with Crippen LogP contribution in [0.3, 0.4) is 0 Å². The van der Waals surface area contributed by atoms with E-state index < -0.39 is 0 Å². The third kappa shape index (κ3) is 4.78. The molecule has 7 heteroatoms. The molecule has 7 nitrogen and oxygen atoms in total. The van der Waals surface area contributed by atoms with E-state index in [0.29, 0.717) is 12.3 Å². The molecule has 2 aliphatic heterocycles. The van der Waals surface area contributed by atoms with E-state index in [1.54, 1.807) is 0 Å². The Morgan fingerprint density at radius 1 is 1.17 bits per heavy atom. The van der Waals surface area contributed by atoms with E-state index in [9.17, 15) is 4.79 Å². The second-order valence-electron chi connectivity index (χ2n) is 7.95. The van der Waals surface area contributed by atoms with Gasteiger partial charge in [-0.15, -0.1) is 10.2 Å². The smallest absolute Gasteiger partial charge is 0.222 e. The molecule has 0 unspecified atom stereocenters. The minimum absolute atomic E-state index is 0.252. The summed E-state index contributed by atoms with van der Waals surface area (Å²) in [6, 6.07) is 8.12. The highest BCUT2D eigenvalue weighted by atomic mass is 16.5. The number of carbonyl (C=O) groups excluding carboxylic acids is 1. The van der Waals surface area contributed by atoms with Gasteiger partial charge in [0.2, 0.25) is 5.91 Å². The van der Waals surface area contributed by atoms with Crippen LogP contribution in [0.5, 0.6) is 5.75 Å². The summed E-state index contributed by atoms with van der Waals surface area (Å²) in [5.41, 5.74) is 1.18. The fourth-order valence-corrected chi connectivity index (χ4v) is 4.19. The maximum absolute atomic E-state index is 12.7. The normalized spacial score (nSPS) is 17.2. The van der Waals surface area contributed by atoms with Crippen molar-refractivity contribution in [2.24, 2.45) is 0 Å². The molecule has 1 aromatic carbocycles. The summed E-state index contributed by atoms with van der Waals surface area (Å²) >= 11 is 0. The first-order valence-electron chi connectivity index (χ1n) is 10.9. The van der Waals surface area contributed by atoms with Gasteiger partial charge in [0.05, 0.1) is 13.2 Å². The molecular formula is C22H31N5O2. The molecule has 0 saturated carbocycles. The van der Waals surface area contributed by atoms with Crippen LogP contribution in [0.1, 0.15) is 55.7 Å². The van der Waals surface area contributed by atoms with Gasteiger partial charge >= 0.3 is 0 Å². The predicted molar refractivity (Wildman–Crippen MR) is 111 cm³/mol. The largest absolute Gasteiger partial charge is 0.494 e. The molecule has 0 aliphatic carbocycles. The highest BCUT2D eigenvalue weighted by molar-refractivity contribution is 5.76. The Morgan fingerprint density at radius 3 is 2.72 bits per heavy atom. The Kier molecular flexibility index (Phi) is 6.44. The highest BCUT2D eigenvalue weighted by Crippen LogP contribution is 2.28. The van der Waals surface area contributed by atoms with Gasteiger partial charge in [-0.2, -0.15) is 0 Å². The lowest BCUT2D eigenvalue weighted by Gasteiger charge is -2.32. The van der Waals surface area contributed by atoms with E-state index >= 15 is 0 Å². The molecule has 3 heterocycles. The molecule has 2 aromatic rings. The van der Waals surface area contributed by atoms with Crippen molar-refractivity contribution in [1.82, 2.24) is 25.0 Å². The molecule has 2 aliphatic rings. The fourth-order valence-electron chi connectivity index (χ4n) is 4.19. The Balaban J connectivity index is 1.24. The maximum atomic E-state index is 12.7. The SMILES string of the molecule is CCCOc1ccc(CCC(=O)N2CCC(c3nnc4n3CCNC4)CC2)cc1.